The summed E-state index contributed by atoms with van der Waals surface area (Å²) in [6.07, 6.45) is 2.21. The minimum Gasteiger partial charge on any atom is -0.354 e. The smallest absolute Gasteiger partial charge is 0.251 e. The molecule has 160 valence electrons. The molecule has 1 saturated carbocycles. The zero-order chi connectivity index (χ0) is 21.1. The lowest BCUT2D eigenvalue weighted by atomic mass is 10.1. The van der Waals surface area contributed by atoms with E-state index < -0.39 is 0 Å². The van der Waals surface area contributed by atoms with E-state index >= 15 is 0 Å². The summed E-state index contributed by atoms with van der Waals surface area (Å²) in [6.45, 7) is 11.7. The second-order valence-electron chi connectivity index (χ2n) is 8.19. The molecule has 1 aliphatic carbocycles. The highest BCUT2D eigenvalue weighted by Gasteiger charge is 2.24. The van der Waals surface area contributed by atoms with Gasteiger partial charge in [-0.1, -0.05) is 30.8 Å². The molecule has 2 heterocycles. The molecule has 1 saturated heterocycles. The van der Waals surface area contributed by atoms with Gasteiger partial charge in [0.05, 0.1) is 0 Å². The van der Waals surface area contributed by atoms with E-state index in [1.807, 2.05) is 24.3 Å². The number of rotatable bonds is 7. The van der Waals surface area contributed by atoms with Crippen molar-refractivity contribution in [3.8, 4) is 0 Å². The van der Waals surface area contributed by atoms with Crippen LogP contribution in [0.3, 0.4) is 0 Å². The first-order valence-corrected chi connectivity index (χ1v) is 11.9. The number of aromatic nitrogens is 2. The van der Waals surface area contributed by atoms with Crippen LogP contribution in [0.4, 0.5) is 5.82 Å². The number of nitrogens with zero attached hydrogens (tertiary/aromatic N) is 4. The molecule has 0 atom stereocenters. The molecule has 0 bridgehead atoms. The molecule has 0 spiro atoms. The van der Waals surface area contributed by atoms with Gasteiger partial charge in [-0.25, -0.2) is 9.97 Å². The van der Waals surface area contributed by atoms with Crippen molar-refractivity contribution in [3.05, 3.63) is 46.6 Å². The Hall–Kier alpha value is -2.12. The normalized spacial score (nSPS) is 17.2. The summed E-state index contributed by atoms with van der Waals surface area (Å²) in [6, 6.07) is 8.26. The van der Waals surface area contributed by atoms with E-state index in [4.69, 9.17) is 9.97 Å². The lowest BCUT2D eigenvalue weighted by molar-refractivity contribution is 0.0951. The quantitative estimate of drug-likeness (QED) is 0.542. The Morgan fingerprint density at radius 1 is 1.10 bits per heavy atom. The fraction of sp³-hybridized carbons (Fsp3) is 0.522. The summed E-state index contributed by atoms with van der Waals surface area (Å²) in [7, 11) is 0. The van der Waals surface area contributed by atoms with Crippen LogP contribution in [-0.2, 0) is 5.75 Å². The molecule has 2 fully saturated rings. The zero-order valence-electron chi connectivity index (χ0n) is 18.1. The Bertz CT molecular complexity index is 889. The molecule has 7 heteroatoms. The molecular formula is C23H31N5OS. The summed E-state index contributed by atoms with van der Waals surface area (Å²) >= 11 is 1.65. The number of hydrogen-bond donors (Lipinski definition) is 1. The van der Waals surface area contributed by atoms with Gasteiger partial charge in [0.2, 0.25) is 0 Å². The van der Waals surface area contributed by atoms with Gasteiger partial charge in [0.25, 0.3) is 5.91 Å². The first-order valence-electron chi connectivity index (χ1n) is 10.9. The molecule has 0 unspecified atom stereocenters. The number of anilines is 1. The highest BCUT2D eigenvalue weighted by molar-refractivity contribution is 7.98. The maximum absolute atomic E-state index is 12.1. The van der Waals surface area contributed by atoms with Crippen molar-refractivity contribution in [2.75, 3.05) is 37.6 Å². The van der Waals surface area contributed by atoms with E-state index in [-0.39, 0.29) is 5.91 Å². The molecule has 2 aromatic rings. The topological polar surface area (TPSA) is 61.4 Å². The van der Waals surface area contributed by atoms with Crippen LogP contribution in [0, 0.1) is 13.8 Å². The fourth-order valence-corrected chi connectivity index (χ4v) is 4.47. The third-order valence-corrected chi connectivity index (χ3v) is 6.88. The number of thioether (sulfide) groups is 1. The number of hydrogen-bond acceptors (Lipinski definition) is 6. The minimum atomic E-state index is 0.0296. The number of carbonyl (C=O) groups excluding carboxylic acids is 1. The zero-order valence-corrected chi connectivity index (χ0v) is 19.0. The van der Waals surface area contributed by atoms with Crippen LogP contribution < -0.4 is 10.2 Å². The molecule has 1 amide bonds. The van der Waals surface area contributed by atoms with Crippen molar-refractivity contribution in [1.82, 2.24) is 20.2 Å². The van der Waals surface area contributed by atoms with Crippen molar-refractivity contribution in [3.63, 3.8) is 0 Å². The first-order chi connectivity index (χ1) is 14.5. The Kier molecular flexibility index (Phi) is 6.58. The Balaban J connectivity index is 1.39. The van der Waals surface area contributed by atoms with E-state index in [2.05, 4.69) is 35.9 Å². The average Bonchev–Trinajstić information content (AvgIpc) is 3.59. The van der Waals surface area contributed by atoms with Gasteiger partial charge in [-0.3, -0.25) is 4.79 Å². The van der Waals surface area contributed by atoms with Crippen molar-refractivity contribution >= 4 is 23.5 Å². The maximum Gasteiger partial charge on any atom is 0.251 e. The van der Waals surface area contributed by atoms with Crippen LogP contribution in [0.25, 0.3) is 0 Å². The van der Waals surface area contributed by atoms with Crippen LogP contribution in [0.2, 0.25) is 0 Å². The van der Waals surface area contributed by atoms with Gasteiger partial charge >= 0.3 is 0 Å². The molecule has 6 nitrogen and oxygen atoms in total. The van der Waals surface area contributed by atoms with Gasteiger partial charge in [-0.15, -0.1) is 0 Å². The number of nitrogens with one attached hydrogen (secondary N) is 1. The van der Waals surface area contributed by atoms with E-state index in [9.17, 15) is 4.79 Å². The van der Waals surface area contributed by atoms with Gasteiger partial charge in [-0.2, -0.15) is 0 Å². The summed E-state index contributed by atoms with van der Waals surface area (Å²) < 4.78 is 0. The van der Waals surface area contributed by atoms with E-state index in [1.165, 1.54) is 11.1 Å². The minimum absolute atomic E-state index is 0.0296. The molecule has 1 aliphatic heterocycles. The van der Waals surface area contributed by atoms with Crippen molar-refractivity contribution < 1.29 is 4.79 Å². The average molecular weight is 426 g/mol. The second kappa shape index (κ2) is 9.35. The highest BCUT2D eigenvalue weighted by atomic mass is 32.2. The van der Waals surface area contributed by atoms with E-state index in [0.717, 1.165) is 73.5 Å². The molecule has 2 aliphatic rings. The second-order valence-corrected chi connectivity index (χ2v) is 9.14. The predicted molar refractivity (Wildman–Crippen MR) is 122 cm³/mol. The molecule has 30 heavy (non-hydrogen) atoms. The standard InChI is InChI=1S/C23H31N5OS/c1-4-27-11-13-28(14-12-27)21-16(2)17(3)24-23(26-21)30-15-18-5-7-19(8-6-18)22(29)25-20-9-10-20/h5-8,20H,4,9-15H2,1-3H3,(H,25,29). The van der Waals surface area contributed by atoms with Crippen LogP contribution in [0.5, 0.6) is 0 Å². The molecule has 4 rings (SSSR count). The summed E-state index contributed by atoms with van der Waals surface area (Å²) in [5.41, 5.74) is 4.12. The Labute approximate surface area is 183 Å². The van der Waals surface area contributed by atoms with E-state index in [1.54, 1.807) is 11.8 Å². The summed E-state index contributed by atoms with van der Waals surface area (Å²) in [4.78, 5) is 26.6. The van der Waals surface area contributed by atoms with E-state index in [0.29, 0.717) is 6.04 Å². The highest BCUT2D eigenvalue weighted by Crippen LogP contribution is 2.27. The number of carbonyl (C=O) groups is 1. The summed E-state index contributed by atoms with van der Waals surface area (Å²) in [5.74, 6) is 1.89. The van der Waals surface area contributed by atoms with Gasteiger partial charge in [0.1, 0.15) is 5.82 Å². The molecule has 1 aromatic carbocycles. The van der Waals surface area contributed by atoms with Crippen LogP contribution in [0.1, 0.15) is 46.9 Å². The van der Waals surface area contributed by atoms with Crippen molar-refractivity contribution in [1.29, 1.82) is 0 Å². The molecule has 1 N–H and O–H groups in total. The van der Waals surface area contributed by atoms with Crippen LogP contribution >= 0.6 is 11.8 Å². The van der Waals surface area contributed by atoms with Crippen molar-refractivity contribution in [2.45, 2.75) is 50.6 Å². The Morgan fingerprint density at radius 2 is 1.80 bits per heavy atom. The van der Waals surface area contributed by atoms with Gasteiger partial charge in [0.15, 0.2) is 5.16 Å². The van der Waals surface area contributed by atoms with Gasteiger partial charge in [-0.05, 0) is 50.9 Å². The number of aryl methyl sites for hydroxylation is 1. The molecule has 0 radical (unpaired) electrons. The van der Waals surface area contributed by atoms with Crippen LogP contribution in [0.15, 0.2) is 29.4 Å². The Morgan fingerprint density at radius 3 is 2.43 bits per heavy atom. The number of benzene rings is 1. The van der Waals surface area contributed by atoms with Crippen LogP contribution in [-0.4, -0.2) is 59.5 Å². The van der Waals surface area contributed by atoms with Crippen molar-refractivity contribution in [2.24, 2.45) is 0 Å². The molecular weight excluding hydrogens is 394 g/mol. The van der Waals surface area contributed by atoms with Gasteiger partial charge in [0, 0.05) is 54.8 Å². The number of amides is 1. The lowest BCUT2D eigenvalue weighted by Gasteiger charge is -2.35. The SMILES string of the molecule is CCN1CCN(c2nc(SCc3ccc(C(=O)NC4CC4)cc3)nc(C)c2C)CC1. The monoisotopic (exact) mass is 425 g/mol. The van der Waals surface area contributed by atoms with Gasteiger partial charge < -0.3 is 15.1 Å². The lowest BCUT2D eigenvalue weighted by Crippen LogP contribution is -2.46. The predicted octanol–water partition coefficient (Wildman–Crippen LogP) is 3.42. The third-order valence-electron chi connectivity index (χ3n) is 5.96. The third kappa shape index (κ3) is 5.13. The summed E-state index contributed by atoms with van der Waals surface area (Å²) in [5, 5.41) is 3.85. The maximum atomic E-state index is 12.1. The fourth-order valence-electron chi connectivity index (χ4n) is 3.63. The number of piperazine rings is 1. The first kappa shape index (κ1) is 21.1. The molecule has 1 aromatic heterocycles. The largest absolute Gasteiger partial charge is 0.354 e. The number of likely N-dealkylation sites (N-methyl/N-ethyl adjacent to an activating group) is 1.